The number of nitrogens with zero attached hydrogens (tertiary/aromatic N) is 6. The molecule has 0 spiro atoms. The molecule has 0 aromatic carbocycles. The summed E-state index contributed by atoms with van der Waals surface area (Å²) in [5.41, 5.74) is -1.37. The molecule has 8 nitrogen and oxygen atoms in total. The number of halogens is 5. The fraction of sp³-hybridized carbons (Fsp3) is 0.429. The molecular formula is C21H20F5N7O. The van der Waals surface area contributed by atoms with E-state index in [4.69, 9.17) is 5.26 Å². The van der Waals surface area contributed by atoms with Gasteiger partial charge in [0.1, 0.15) is 17.5 Å². The topological polar surface area (TPSA) is 91.2 Å². The molecule has 3 aromatic heterocycles. The summed E-state index contributed by atoms with van der Waals surface area (Å²) in [6.07, 6.45) is -0.313. The van der Waals surface area contributed by atoms with Crippen LogP contribution in [0.5, 0.6) is 0 Å². The maximum atomic E-state index is 13.1. The number of pyridine rings is 1. The third kappa shape index (κ3) is 4.52. The maximum Gasteiger partial charge on any atom is 0.434 e. The standard InChI is InChI=1S/C21H20F5N7O/c1-31(18-4-2-3-17-29-16(11-32(17)18)21(24,25)26)13-7-5-12(6-8-13)28-19(34)14-10-33(20(22)23)30-15(14)9-27/h2-4,10-13,20H,5-8H2,1H3,(H,28,34). The van der Waals surface area contributed by atoms with Crippen LogP contribution in [0, 0.1) is 11.3 Å². The number of nitrogens with one attached hydrogen (secondary N) is 1. The quantitative estimate of drug-likeness (QED) is 0.557. The Morgan fingerprint density at radius 3 is 2.56 bits per heavy atom. The van der Waals surface area contributed by atoms with Crippen LogP contribution in [0.4, 0.5) is 27.8 Å². The van der Waals surface area contributed by atoms with Crippen LogP contribution in [0.1, 0.15) is 54.0 Å². The predicted molar refractivity (Wildman–Crippen MR) is 110 cm³/mol. The highest BCUT2D eigenvalue weighted by atomic mass is 19.4. The number of hydrogen-bond donors (Lipinski definition) is 1. The summed E-state index contributed by atoms with van der Waals surface area (Å²) in [5.74, 6) is -0.0887. The van der Waals surface area contributed by atoms with Crippen molar-refractivity contribution in [3.05, 3.63) is 47.5 Å². The first-order valence-corrected chi connectivity index (χ1v) is 10.4. The van der Waals surface area contributed by atoms with Gasteiger partial charge in [-0.2, -0.15) is 32.3 Å². The molecule has 4 rings (SSSR count). The van der Waals surface area contributed by atoms with E-state index in [1.54, 1.807) is 25.2 Å². The van der Waals surface area contributed by atoms with Crippen LogP contribution in [0.15, 0.2) is 30.6 Å². The Hall–Kier alpha value is -3.69. The van der Waals surface area contributed by atoms with Crippen LogP contribution in [0.3, 0.4) is 0 Å². The average Bonchev–Trinajstić information content (AvgIpc) is 3.43. The van der Waals surface area contributed by atoms with Crippen LogP contribution in [0.2, 0.25) is 0 Å². The van der Waals surface area contributed by atoms with Gasteiger partial charge in [0, 0.05) is 31.5 Å². The number of anilines is 1. The second-order valence-corrected chi connectivity index (χ2v) is 8.09. The van der Waals surface area contributed by atoms with Crippen molar-refractivity contribution in [3.8, 4) is 6.07 Å². The lowest BCUT2D eigenvalue weighted by Crippen LogP contribution is -2.43. The van der Waals surface area contributed by atoms with Gasteiger partial charge in [0.15, 0.2) is 11.4 Å². The number of hydrogen-bond acceptors (Lipinski definition) is 5. The number of carbonyl (C=O) groups excluding carboxylic acids is 1. The molecule has 1 aliphatic rings. The molecule has 1 aliphatic carbocycles. The number of rotatable bonds is 5. The number of amides is 1. The van der Waals surface area contributed by atoms with Crippen LogP contribution >= 0.6 is 0 Å². The highest BCUT2D eigenvalue weighted by Crippen LogP contribution is 2.32. The zero-order valence-electron chi connectivity index (χ0n) is 17.9. The van der Waals surface area contributed by atoms with Gasteiger partial charge < -0.3 is 10.2 Å². The summed E-state index contributed by atoms with van der Waals surface area (Å²) in [4.78, 5) is 18.1. The molecule has 1 amide bonds. The van der Waals surface area contributed by atoms with Crippen molar-refractivity contribution >= 4 is 17.4 Å². The van der Waals surface area contributed by atoms with Crippen molar-refractivity contribution in [2.45, 2.75) is 50.5 Å². The number of alkyl halides is 5. The zero-order chi connectivity index (χ0) is 24.6. The van der Waals surface area contributed by atoms with E-state index in [1.165, 1.54) is 10.5 Å². The van der Waals surface area contributed by atoms with E-state index in [9.17, 15) is 26.7 Å². The third-order valence-corrected chi connectivity index (χ3v) is 5.98. The first kappa shape index (κ1) is 23.5. The summed E-state index contributed by atoms with van der Waals surface area (Å²) in [6.45, 7) is -2.97. The van der Waals surface area contributed by atoms with Crippen LogP contribution in [-0.4, -0.2) is 44.2 Å². The molecule has 180 valence electrons. The predicted octanol–water partition coefficient (Wildman–Crippen LogP) is 3.99. The second-order valence-electron chi connectivity index (χ2n) is 8.09. The van der Waals surface area contributed by atoms with E-state index >= 15 is 0 Å². The van der Waals surface area contributed by atoms with E-state index in [-0.39, 0.29) is 33.7 Å². The number of carbonyl (C=O) groups is 1. The smallest absolute Gasteiger partial charge is 0.358 e. The Balaban J connectivity index is 1.42. The molecule has 3 heterocycles. The SMILES string of the molecule is CN(c1cccc2nc(C(F)(F)F)cn12)C1CCC(NC(=O)c2cn(C(F)F)nc2C#N)CC1. The first-order chi connectivity index (χ1) is 16.1. The molecule has 0 radical (unpaired) electrons. The molecule has 1 N–H and O–H groups in total. The Bertz CT molecular complexity index is 1230. The van der Waals surface area contributed by atoms with E-state index in [0.29, 0.717) is 31.5 Å². The number of fused-ring (bicyclic) bond motifs is 1. The van der Waals surface area contributed by atoms with Gasteiger partial charge in [-0.3, -0.25) is 9.20 Å². The fourth-order valence-corrected chi connectivity index (χ4v) is 4.22. The molecule has 13 heteroatoms. The Morgan fingerprint density at radius 1 is 1.24 bits per heavy atom. The van der Waals surface area contributed by atoms with Gasteiger partial charge in [0.05, 0.1) is 5.56 Å². The highest BCUT2D eigenvalue weighted by Gasteiger charge is 2.34. The van der Waals surface area contributed by atoms with Gasteiger partial charge in [0.2, 0.25) is 0 Å². The first-order valence-electron chi connectivity index (χ1n) is 10.4. The normalized spacial score (nSPS) is 18.8. The van der Waals surface area contributed by atoms with Crippen molar-refractivity contribution in [2.24, 2.45) is 0 Å². The van der Waals surface area contributed by atoms with Gasteiger partial charge in [0.25, 0.3) is 5.91 Å². The summed E-state index contributed by atoms with van der Waals surface area (Å²) < 4.78 is 66.6. The van der Waals surface area contributed by atoms with E-state index in [0.717, 1.165) is 12.4 Å². The van der Waals surface area contributed by atoms with Gasteiger partial charge >= 0.3 is 12.7 Å². The summed E-state index contributed by atoms with van der Waals surface area (Å²) in [7, 11) is 1.80. The minimum atomic E-state index is -4.55. The van der Waals surface area contributed by atoms with Gasteiger partial charge in [-0.05, 0) is 37.8 Å². The summed E-state index contributed by atoms with van der Waals surface area (Å²) in [5, 5.41) is 15.2. The van der Waals surface area contributed by atoms with Crippen molar-refractivity contribution in [1.29, 1.82) is 5.26 Å². The number of imidazole rings is 1. The van der Waals surface area contributed by atoms with Crippen LogP contribution in [0.25, 0.3) is 5.65 Å². The van der Waals surface area contributed by atoms with Crippen molar-refractivity contribution in [2.75, 3.05) is 11.9 Å². The Morgan fingerprint density at radius 2 is 1.94 bits per heavy atom. The average molecular weight is 481 g/mol. The largest absolute Gasteiger partial charge is 0.434 e. The molecule has 0 aliphatic heterocycles. The molecule has 0 unspecified atom stereocenters. The molecule has 0 bridgehead atoms. The van der Waals surface area contributed by atoms with E-state index in [2.05, 4.69) is 15.4 Å². The minimum Gasteiger partial charge on any atom is -0.358 e. The molecule has 0 atom stereocenters. The van der Waals surface area contributed by atoms with E-state index in [1.807, 2.05) is 4.90 Å². The van der Waals surface area contributed by atoms with Crippen LogP contribution in [-0.2, 0) is 6.18 Å². The third-order valence-electron chi connectivity index (χ3n) is 5.98. The maximum absolute atomic E-state index is 13.1. The lowest BCUT2D eigenvalue weighted by molar-refractivity contribution is -0.140. The Labute approximate surface area is 190 Å². The van der Waals surface area contributed by atoms with Gasteiger partial charge in [-0.1, -0.05) is 6.07 Å². The molecule has 1 saturated carbocycles. The zero-order valence-corrected chi connectivity index (χ0v) is 17.9. The summed E-state index contributed by atoms with van der Waals surface area (Å²) >= 11 is 0. The summed E-state index contributed by atoms with van der Waals surface area (Å²) in [6, 6.07) is 6.28. The van der Waals surface area contributed by atoms with Gasteiger partial charge in [-0.25, -0.2) is 9.67 Å². The molecule has 1 fully saturated rings. The Kier molecular flexibility index (Phi) is 6.16. The molecule has 0 saturated heterocycles. The molecule has 34 heavy (non-hydrogen) atoms. The monoisotopic (exact) mass is 481 g/mol. The van der Waals surface area contributed by atoms with Crippen molar-refractivity contribution in [3.63, 3.8) is 0 Å². The highest BCUT2D eigenvalue weighted by molar-refractivity contribution is 5.96. The van der Waals surface area contributed by atoms with Crippen molar-refractivity contribution < 1.29 is 26.7 Å². The lowest BCUT2D eigenvalue weighted by atomic mass is 9.90. The minimum absolute atomic E-state index is 0.00624. The van der Waals surface area contributed by atoms with Gasteiger partial charge in [-0.15, -0.1) is 0 Å². The van der Waals surface area contributed by atoms with E-state index < -0.39 is 24.3 Å². The number of nitriles is 1. The van der Waals surface area contributed by atoms with Crippen molar-refractivity contribution in [1.82, 2.24) is 24.5 Å². The van der Waals surface area contributed by atoms with Crippen LogP contribution < -0.4 is 10.2 Å². The fourth-order valence-electron chi connectivity index (χ4n) is 4.22. The lowest BCUT2D eigenvalue weighted by Gasteiger charge is -2.36. The molecule has 3 aromatic rings. The molecular weight excluding hydrogens is 461 g/mol. The number of aromatic nitrogens is 4. The second kappa shape index (κ2) is 8.92.